The molecule has 0 saturated heterocycles. The van der Waals surface area contributed by atoms with Crippen LogP contribution in [0.2, 0.25) is 0 Å². The summed E-state index contributed by atoms with van der Waals surface area (Å²) in [6.07, 6.45) is 4.74. The van der Waals surface area contributed by atoms with Crippen LogP contribution in [0.3, 0.4) is 0 Å². The fraction of sp³-hybridized carbons (Fsp3) is 0.733. The Morgan fingerprint density at radius 3 is 2.75 bits per heavy atom. The number of aromatic amines is 1. The first-order valence-corrected chi connectivity index (χ1v) is 8.09. The van der Waals surface area contributed by atoms with E-state index in [1.165, 1.54) is 24.9 Å². The molecule has 2 aromatic rings. The molecule has 0 spiro atoms. The molecular weight excluding hydrogens is 268 g/mol. The van der Waals surface area contributed by atoms with E-state index in [9.17, 15) is 0 Å². The number of H-pyrrole nitrogens is 1. The molecule has 5 heteroatoms. The van der Waals surface area contributed by atoms with E-state index in [1.54, 1.807) is 0 Å². The van der Waals surface area contributed by atoms with Gasteiger partial charge in [0.05, 0.1) is 5.69 Å². The molecule has 1 aliphatic carbocycles. The summed E-state index contributed by atoms with van der Waals surface area (Å²) in [7, 11) is 2.02. The van der Waals surface area contributed by atoms with Crippen LogP contribution < -0.4 is 0 Å². The summed E-state index contributed by atoms with van der Waals surface area (Å²) in [6.45, 7) is 6.86. The highest BCUT2D eigenvalue weighted by Crippen LogP contribution is 2.38. The quantitative estimate of drug-likeness (QED) is 0.850. The van der Waals surface area contributed by atoms with Crippen LogP contribution in [0.25, 0.3) is 11.2 Å². The monoisotopic (exact) mass is 292 g/mol. The zero-order chi connectivity index (χ0) is 14.4. The Balaban J connectivity index is 2.14. The molecule has 1 N–H and O–H groups in total. The van der Waals surface area contributed by atoms with Crippen molar-refractivity contribution >= 4 is 23.4 Å². The minimum atomic E-state index is 0.507. The van der Waals surface area contributed by atoms with E-state index in [4.69, 9.17) is 12.2 Å². The molecule has 2 heterocycles. The van der Waals surface area contributed by atoms with Crippen molar-refractivity contribution in [1.82, 2.24) is 19.3 Å². The molecule has 3 atom stereocenters. The number of hydrogen-bond donors (Lipinski definition) is 1. The Morgan fingerprint density at radius 1 is 1.35 bits per heavy atom. The summed E-state index contributed by atoms with van der Waals surface area (Å²) in [5.74, 6) is 1.51. The summed E-state index contributed by atoms with van der Waals surface area (Å²) in [5.41, 5.74) is 3.41. The van der Waals surface area contributed by atoms with Crippen molar-refractivity contribution in [3.05, 3.63) is 10.5 Å². The first-order chi connectivity index (χ1) is 9.52. The standard InChI is InChI=1S/C15H24N4S/c1-5-11-13-14(18(4)17-11)19(15(20)16-13)12-7-6-9(2)8-10(12)3/h9-10,12H,5-8H2,1-4H3,(H,16,20). The number of rotatable bonds is 2. The van der Waals surface area contributed by atoms with Crippen molar-refractivity contribution in [3.8, 4) is 0 Å². The normalized spacial score (nSPS) is 27.3. The maximum absolute atomic E-state index is 5.60. The Morgan fingerprint density at radius 2 is 2.10 bits per heavy atom. The number of nitrogens with one attached hydrogen (secondary N) is 1. The zero-order valence-electron chi connectivity index (χ0n) is 12.8. The number of imidazole rings is 1. The van der Waals surface area contributed by atoms with Crippen LogP contribution in [-0.2, 0) is 13.5 Å². The molecule has 1 saturated carbocycles. The molecule has 0 aromatic carbocycles. The van der Waals surface area contributed by atoms with Crippen LogP contribution >= 0.6 is 12.2 Å². The lowest BCUT2D eigenvalue weighted by Crippen LogP contribution is -2.25. The van der Waals surface area contributed by atoms with Crippen LogP contribution in [0.15, 0.2) is 0 Å². The van der Waals surface area contributed by atoms with E-state index in [0.717, 1.165) is 28.3 Å². The molecule has 0 bridgehead atoms. The summed E-state index contributed by atoms with van der Waals surface area (Å²) in [6, 6.07) is 0.507. The second-order valence-corrected chi connectivity index (χ2v) is 6.77. The van der Waals surface area contributed by atoms with E-state index in [-0.39, 0.29) is 0 Å². The van der Waals surface area contributed by atoms with Crippen LogP contribution in [0.5, 0.6) is 0 Å². The van der Waals surface area contributed by atoms with Gasteiger partial charge in [0.1, 0.15) is 5.52 Å². The van der Waals surface area contributed by atoms with Gasteiger partial charge in [0.25, 0.3) is 0 Å². The number of hydrogen-bond acceptors (Lipinski definition) is 2. The van der Waals surface area contributed by atoms with Gasteiger partial charge in [0.2, 0.25) is 0 Å². The molecule has 4 nitrogen and oxygen atoms in total. The van der Waals surface area contributed by atoms with Crippen molar-refractivity contribution < 1.29 is 0 Å². The largest absolute Gasteiger partial charge is 0.328 e. The zero-order valence-corrected chi connectivity index (χ0v) is 13.6. The van der Waals surface area contributed by atoms with Gasteiger partial charge >= 0.3 is 0 Å². The van der Waals surface area contributed by atoms with Gasteiger partial charge < -0.3 is 4.98 Å². The van der Waals surface area contributed by atoms with Gasteiger partial charge in [0, 0.05) is 13.1 Å². The summed E-state index contributed by atoms with van der Waals surface area (Å²) >= 11 is 5.60. The highest BCUT2D eigenvalue weighted by molar-refractivity contribution is 7.71. The summed E-state index contributed by atoms with van der Waals surface area (Å²) in [5, 5.41) is 4.62. The van der Waals surface area contributed by atoms with E-state index >= 15 is 0 Å². The molecule has 0 amide bonds. The van der Waals surface area contributed by atoms with Crippen LogP contribution in [0.1, 0.15) is 51.8 Å². The molecule has 1 fully saturated rings. The molecular formula is C15H24N4S. The van der Waals surface area contributed by atoms with E-state index < -0.39 is 0 Å². The van der Waals surface area contributed by atoms with Crippen molar-refractivity contribution in [2.75, 3.05) is 0 Å². The Kier molecular flexibility index (Phi) is 3.48. The molecule has 0 radical (unpaired) electrons. The van der Waals surface area contributed by atoms with Gasteiger partial charge in [-0.05, 0) is 49.7 Å². The molecule has 3 unspecified atom stereocenters. The third-order valence-electron chi connectivity index (χ3n) is 4.82. The first kappa shape index (κ1) is 13.9. The maximum atomic E-state index is 5.60. The average molecular weight is 292 g/mol. The number of fused-ring (bicyclic) bond motifs is 1. The predicted molar refractivity (Wildman–Crippen MR) is 84.5 cm³/mol. The molecule has 2 aromatic heterocycles. The van der Waals surface area contributed by atoms with Gasteiger partial charge in [-0.25, -0.2) is 0 Å². The van der Waals surface area contributed by atoms with Gasteiger partial charge in [0.15, 0.2) is 10.4 Å². The van der Waals surface area contributed by atoms with Gasteiger partial charge in [-0.3, -0.25) is 9.25 Å². The third-order valence-corrected chi connectivity index (χ3v) is 5.12. The molecule has 1 aliphatic rings. The topological polar surface area (TPSA) is 38.5 Å². The number of nitrogens with zero attached hydrogens (tertiary/aromatic N) is 3. The Bertz CT molecular complexity index is 678. The Labute approximate surface area is 125 Å². The highest BCUT2D eigenvalue weighted by atomic mass is 32.1. The van der Waals surface area contributed by atoms with E-state index in [2.05, 4.69) is 35.4 Å². The predicted octanol–water partition coefficient (Wildman–Crippen LogP) is 3.99. The average Bonchev–Trinajstić information content (AvgIpc) is 2.87. The minimum absolute atomic E-state index is 0.507. The molecule has 0 aliphatic heterocycles. The fourth-order valence-corrected chi connectivity index (χ4v) is 4.15. The van der Waals surface area contributed by atoms with E-state index in [0.29, 0.717) is 12.0 Å². The SMILES string of the molecule is CCc1nn(C)c2c1[nH]c(=S)n2C1CCC(C)CC1C. The smallest absolute Gasteiger partial charge is 0.179 e. The van der Waals surface area contributed by atoms with Gasteiger partial charge in [-0.15, -0.1) is 0 Å². The fourth-order valence-electron chi connectivity index (χ4n) is 3.83. The number of aromatic nitrogens is 4. The lowest BCUT2D eigenvalue weighted by molar-refractivity contribution is 0.208. The van der Waals surface area contributed by atoms with Crippen LogP contribution in [-0.4, -0.2) is 19.3 Å². The summed E-state index contributed by atoms with van der Waals surface area (Å²) in [4.78, 5) is 3.39. The molecule has 20 heavy (non-hydrogen) atoms. The second-order valence-electron chi connectivity index (χ2n) is 6.39. The van der Waals surface area contributed by atoms with Gasteiger partial charge in [-0.2, -0.15) is 5.10 Å². The van der Waals surface area contributed by atoms with Crippen LogP contribution in [0, 0.1) is 16.6 Å². The maximum Gasteiger partial charge on any atom is 0.179 e. The van der Waals surface area contributed by atoms with Crippen molar-refractivity contribution in [2.45, 2.75) is 52.5 Å². The highest BCUT2D eigenvalue weighted by Gasteiger charge is 2.29. The lowest BCUT2D eigenvalue weighted by atomic mass is 9.80. The Hall–Kier alpha value is -1.10. The van der Waals surface area contributed by atoms with Gasteiger partial charge in [-0.1, -0.05) is 20.8 Å². The summed E-state index contributed by atoms with van der Waals surface area (Å²) < 4.78 is 5.17. The first-order valence-electron chi connectivity index (χ1n) is 7.69. The molecule has 3 rings (SSSR count). The minimum Gasteiger partial charge on any atom is -0.328 e. The van der Waals surface area contributed by atoms with Crippen molar-refractivity contribution in [2.24, 2.45) is 18.9 Å². The second kappa shape index (κ2) is 5.02. The lowest BCUT2D eigenvalue weighted by Gasteiger charge is -2.33. The molecule has 110 valence electrons. The van der Waals surface area contributed by atoms with E-state index in [1.807, 2.05) is 11.7 Å². The number of aryl methyl sites for hydroxylation is 2. The third kappa shape index (κ3) is 2.03. The van der Waals surface area contributed by atoms with Crippen LogP contribution in [0.4, 0.5) is 0 Å². The van der Waals surface area contributed by atoms with Crippen molar-refractivity contribution in [1.29, 1.82) is 0 Å². The van der Waals surface area contributed by atoms with Crippen molar-refractivity contribution in [3.63, 3.8) is 0 Å².